The van der Waals surface area contributed by atoms with Crippen molar-refractivity contribution in [1.29, 1.82) is 0 Å². The molecule has 1 rings (SSSR count). The summed E-state index contributed by atoms with van der Waals surface area (Å²) in [6.45, 7) is 2.03. The molecule has 0 bridgehead atoms. The molecule has 1 saturated heterocycles. The molecule has 6 heteroatoms. The van der Waals surface area contributed by atoms with Crippen molar-refractivity contribution in [3.63, 3.8) is 0 Å². The van der Waals surface area contributed by atoms with Crippen molar-refractivity contribution in [2.45, 2.75) is 31.2 Å². The molecule has 0 spiro atoms. The van der Waals surface area contributed by atoms with Gasteiger partial charge in [-0.25, -0.2) is 4.79 Å². The minimum absolute atomic E-state index is 0.118. The Morgan fingerprint density at radius 3 is 2.93 bits per heavy atom. The average molecular weight is 218 g/mol. The smallest absolute Gasteiger partial charge is 0.407 e. The lowest BCUT2D eigenvalue weighted by molar-refractivity contribution is -0.121. The zero-order valence-electron chi connectivity index (χ0n) is 8.04. The van der Waals surface area contributed by atoms with E-state index in [2.05, 4.69) is 5.32 Å². The molecular weight excluding hydrogens is 204 g/mol. The van der Waals surface area contributed by atoms with Crippen molar-refractivity contribution in [2.24, 2.45) is 5.73 Å². The average Bonchev–Trinajstić information content (AvgIpc) is 2.43. The summed E-state index contributed by atoms with van der Waals surface area (Å²) in [5.41, 5.74) is 4.95. The van der Waals surface area contributed by atoms with Gasteiger partial charge in [-0.2, -0.15) is 0 Å². The first-order chi connectivity index (χ1) is 6.58. The molecule has 0 aromatic heterocycles. The molecule has 0 radical (unpaired) electrons. The highest BCUT2D eigenvalue weighted by atomic mass is 32.2. The molecule has 1 aliphatic heterocycles. The standard InChI is InChI=1S/C8H14N2O3S/c1-2-3-4-8(13-7(9)12)10-6(11)5-14-8/h2-5H2,1H3,(H2,9,12)(H,10,11). The van der Waals surface area contributed by atoms with E-state index >= 15 is 0 Å². The van der Waals surface area contributed by atoms with E-state index in [1.165, 1.54) is 11.8 Å². The van der Waals surface area contributed by atoms with Crippen LogP contribution in [0.4, 0.5) is 4.79 Å². The van der Waals surface area contributed by atoms with Gasteiger partial charge in [-0.05, 0) is 6.42 Å². The Labute approximate surface area is 86.7 Å². The number of primary amides is 1. The van der Waals surface area contributed by atoms with Crippen LogP contribution in [-0.2, 0) is 9.53 Å². The third-order valence-electron chi connectivity index (χ3n) is 1.89. The van der Waals surface area contributed by atoms with Crippen molar-refractivity contribution in [3.05, 3.63) is 0 Å². The van der Waals surface area contributed by atoms with E-state index in [4.69, 9.17) is 10.5 Å². The Balaban J connectivity index is 2.59. The maximum Gasteiger partial charge on any atom is 0.407 e. The van der Waals surface area contributed by atoms with Crippen LogP contribution in [0.3, 0.4) is 0 Å². The number of unbranched alkanes of at least 4 members (excludes halogenated alkanes) is 1. The third-order valence-corrected chi connectivity index (χ3v) is 3.15. The third kappa shape index (κ3) is 2.80. The van der Waals surface area contributed by atoms with Gasteiger partial charge in [-0.3, -0.25) is 4.79 Å². The molecule has 0 aromatic rings. The van der Waals surface area contributed by atoms with Gasteiger partial charge in [0.2, 0.25) is 11.0 Å². The molecule has 14 heavy (non-hydrogen) atoms. The summed E-state index contributed by atoms with van der Waals surface area (Å²) in [5, 5.41) is 1.72. The Hall–Kier alpha value is -0.910. The number of nitrogens with one attached hydrogen (secondary N) is 1. The fraction of sp³-hybridized carbons (Fsp3) is 0.750. The topological polar surface area (TPSA) is 81.4 Å². The second kappa shape index (κ2) is 4.54. The molecule has 5 nitrogen and oxygen atoms in total. The highest BCUT2D eigenvalue weighted by Crippen LogP contribution is 2.33. The van der Waals surface area contributed by atoms with Gasteiger partial charge in [0.1, 0.15) is 0 Å². The summed E-state index contributed by atoms with van der Waals surface area (Å²) in [6, 6.07) is 0. The first kappa shape index (κ1) is 11.2. The van der Waals surface area contributed by atoms with E-state index in [9.17, 15) is 9.59 Å². The first-order valence-electron chi connectivity index (χ1n) is 4.51. The van der Waals surface area contributed by atoms with E-state index < -0.39 is 11.2 Å². The van der Waals surface area contributed by atoms with Crippen molar-refractivity contribution in [3.8, 4) is 0 Å². The van der Waals surface area contributed by atoms with Crippen molar-refractivity contribution in [2.75, 3.05) is 5.75 Å². The number of hydrogen-bond donors (Lipinski definition) is 2. The fourth-order valence-electron chi connectivity index (χ4n) is 1.28. The first-order valence-corrected chi connectivity index (χ1v) is 5.50. The molecule has 80 valence electrons. The molecule has 1 atom stereocenters. The summed E-state index contributed by atoms with van der Waals surface area (Å²) in [5.74, 6) is 0.198. The molecule has 2 amide bonds. The highest BCUT2D eigenvalue weighted by molar-refractivity contribution is 8.01. The Morgan fingerprint density at radius 2 is 2.50 bits per heavy atom. The molecule has 1 fully saturated rings. The van der Waals surface area contributed by atoms with Gasteiger partial charge in [-0.15, -0.1) is 0 Å². The monoisotopic (exact) mass is 218 g/mol. The lowest BCUT2D eigenvalue weighted by Crippen LogP contribution is -2.45. The van der Waals surface area contributed by atoms with Gasteiger partial charge in [0, 0.05) is 6.42 Å². The number of amides is 2. The summed E-state index contributed by atoms with van der Waals surface area (Å²) >= 11 is 1.28. The van der Waals surface area contributed by atoms with Crippen LogP contribution < -0.4 is 11.1 Å². The normalized spacial score (nSPS) is 25.9. The van der Waals surface area contributed by atoms with Crippen molar-refractivity contribution < 1.29 is 14.3 Å². The number of ether oxygens (including phenoxy) is 1. The van der Waals surface area contributed by atoms with Gasteiger partial charge in [0.05, 0.1) is 5.75 Å². The minimum atomic E-state index is -0.918. The van der Waals surface area contributed by atoms with E-state index in [0.717, 1.165) is 12.8 Å². The van der Waals surface area contributed by atoms with Gasteiger partial charge in [-0.1, -0.05) is 25.1 Å². The van der Waals surface area contributed by atoms with Crippen molar-refractivity contribution in [1.82, 2.24) is 5.32 Å². The summed E-state index contributed by atoms with van der Waals surface area (Å²) in [6.07, 6.45) is 1.60. The molecule has 0 aliphatic carbocycles. The fourth-order valence-corrected chi connectivity index (χ4v) is 2.33. The van der Waals surface area contributed by atoms with Crippen LogP contribution >= 0.6 is 11.8 Å². The maximum atomic E-state index is 11.0. The van der Waals surface area contributed by atoms with E-state index in [1.54, 1.807) is 0 Å². The largest absolute Gasteiger partial charge is 0.413 e. The molecule has 0 aromatic carbocycles. The molecular formula is C8H14N2O3S. The molecule has 1 aliphatic rings. The summed E-state index contributed by atoms with van der Waals surface area (Å²) in [7, 11) is 0. The van der Waals surface area contributed by atoms with Crippen molar-refractivity contribution >= 4 is 23.8 Å². The summed E-state index contributed by atoms with van der Waals surface area (Å²) < 4.78 is 4.94. The second-order valence-electron chi connectivity index (χ2n) is 3.11. The lowest BCUT2D eigenvalue weighted by atomic mass is 10.2. The van der Waals surface area contributed by atoms with E-state index in [1.807, 2.05) is 6.92 Å². The van der Waals surface area contributed by atoms with Gasteiger partial charge < -0.3 is 15.8 Å². The van der Waals surface area contributed by atoms with E-state index in [0.29, 0.717) is 12.2 Å². The molecule has 0 saturated carbocycles. The number of rotatable bonds is 4. The molecule has 1 heterocycles. The Bertz CT molecular complexity index is 247. The Morgan fingerprint density at radius 1 is 1.79 bits per heavy atom. The maximum absolute atomic E-state index is 11.0. The van der Waals surface area contributed by atoms with Crippen LogP contribution in [0.5, 0.6) is 0 Å². The van der Waals surface area contributed by atoms with Gasteiger partial charge in [0.15, 0.2) is 0 Å². The van der Waals surface area contributed by atoms with Crippen LogP contribution in [0.15, 0.2) is 0 Å². The van der Waals surface area contributed by atoms with E-state index in [-0.39, 0.29) is 5.91 Å². The van der Waals surface area contributed by atoms with Crippen LogP contribution in [0.2, 0.25) is 0 Å². The zero-order chi connectivity index (χ0) is 10.6. The predicted molar refractivity (Wildman–Crippen MR) is 53.5 cm³/mol. The SMILES string of the molecule is CCCCC1(OC(N)=O)NC(=O)CS1. The predicted octanol–water partition coefficient (Wildman–Crippen LogP) is 0.789. The Kier molecular flexibility index (Phi) is 3.62. The lowest BCUT2D eigenvalue weighted by Gasteiger charge is -2.26. The number of nitrogens with two attached hydrogens (primary N) is 1. The zero-order valence-corrected chi connectivity index (χ0v) is 8.86. The molecule has 1 unspecified atom stereocenters. The molecule has 3 N–H and O–H groups in total. The van der Waals surface area contributed by atoms with Gasteiger partial charge >= 0.3 is 6.09 Å². The number of hydrogen-bond acceptors (Lipinski definition) is 4. The van der Waals surface area contributed by atoms with Crippen LogP contribution in [0.25, 0.3) is 0 Å². The minimum Gasteiger partial charge on any atom is -0.413 e. The number of carbonyl (C=O) groups excluding carboxylic acids is 2. The summed E-state index contributed by atoms with van der Waals surface area (Å²) in [4.78, 5) is 21.7. The van der Waals surface area contributed by atoms with Crippen LogP contribution in [0.1, 0.15) is 26.2 Å². The van der Waals surface area contributed by atoms with Crippen LogP contribution in [-0.4, -0.2) is 22.8 Å². The van der Waals surface area contributed by atoms with Gasteiger partial charge in [0.25, 0.3) is 0 Å². The number of thioether (sulfide) groups is 1. The van der Waals surface area contributed by atoms with Crippen LogP contribution in [0, 0.1) is 0 Å². The number of carbonyl (C=O) groups is 2. The highest BCUT2D eigenvalue weighted by Gasteiger charge is 2.41. The quantitative estimate of drug-likeness (QED) is 0.731. The second-order valence-corrected chi connectivity index (χ2v) is 4.35.